The van der Waals surface area contributed by atoms with Crippen molar-refractivity contribution in [3.63, 3.8) is 0 Å². The van der Waals surface area contributed by atoms with E-state index in [4.69, 9.17) is 11.6 Å². The van der Waals surface area contributed by atoms with Crippen molar-refractivity contribution in [2.75, 3.05) is 26.2 Å². The standard InChI is InChI=1S/C15H16ClN3O6S/c16-10-2-1-3-12(6-10)26(23,24)17-7-13(20)18-5-4-11(8-18)19-14(21)9-25-15(19)22/h1-3,6,11,17H,4-5,7-9H2. The van der Waals surface area contributed by atoms with Crippen LogP contribution >= 0.6 is 11.6 Å². The zero-order chi connectivity index (χ0) is 18.9. The summed E-state index contributed by atoms with van der Waals surface area (Å²) in [5, 5.41) is 0.267. The van der Waals surface area contributed by atoms with Gasteiger partial charge in [-0.15, -0.1) is 0 Å². The van der Waals surface area contributed by atoms with E-state index in [1.165, 1.54) is 23.1 Å². The lowest BCUT2D eigenvalue weighted by atomic mass is 10.2. The fourth-order valence-corrected chi connectivity index (χ4v) is 4.16. The van der Waals surface area contributed by atoms with Crippen LogP contribution in [0.15, 0.2) is 29.2 Å². The van der Waals surface area contributed by atoms with Crippen molar-refractivity contribution in [1.29, 1.82) is 0 Å². The third-order valence-electron chi connectivity index (χ3n) is 4.19. The Labute approximate surface area is 154 Å². The Bertz CT molecular complexity index is 843. The lowest BCUT2D eigenvalue weighted by Gasteiger charge is -2.20. The Morgan fingerprint density at radius 2 is 2.12 bits per heavy atom. The van der Waals surface area contributed by atoms with Crippen molar-refractivity contribution in [2.24, 2.45) is 0 Å². The number of ether oxygens (including phenoxy) is 1. The van der Waals surface area contributed by atoms with Gasteiger partial charge in [0.1, 0.15) is 0 Å². The smallest absolute Gasteiger partial charge is 0.417 e. The number of carbonyl (C=O) groups excluding carboxylic acids is 3. The van der Waals surface area contributed by atoms with E-state index in [0.717, 1.165) is 4.90 Å². The van der Waals surface area contributed by atoms with Crippen LogP contribution < -0.4 is 4.72 Å². The highest BCUT2D eigenvalue weighted by Crippen LogP contribution is 2.20. The maximum absolute atomic E-state index is 12.3. The van der Waals surface area contributed by atoms with Gasteiger partial charge in [0.25, 0.3) is 5.91 Å². The van der Waals surface area contributed by atoms with E-state index in [2.05, 4.69) is 9.46 Å². The van der Waals surface area contributed by atoms with E-state index in [-0.39, 0.29) is 23.1 Å². The monoisotopic (exact) mass is 401 g/mol. The molecule has 0 radical (unpaired) electrons. The largest absolute Gasteiger partial charge is 0.439 e. The van der Waals surface area contributed by atoms with Gasteiger partial charge in [-0.05, 0) is 24.6 Å². The number of hydrogen-bond acceptors (Lipinski definition) is 6. The molecule has 2 aliphatic rings. The first-order chi connectivity index (χ1) is 12.3. The van der Waals surface area contributed by atoms with Gasteiger partial charge >= 0.3 is 6.09 Å². The number of sulfonamides is 1. The fraction of sp³-hybridized carbons (Fsp3) is 0.400. The highest BCUT2D eigenvalue weighted by Gasteiger charge is 2.41. The lowest BCUT2D eigenvalue weighted by Crippen LogP contribution is -2.43. The highest BCUT2D eigenvalue weighted by molar-refractivity contribution is 7.89. The van der Waals surface area contributed by atoms with Gasteiger partial charge in [0.05, 0.1) is 17.5 Å². The van der Waals surface area contributed by atoms with Crippen LogP contribution in [0.4, 0.5) is 4.79 Å². The molecular weight excluding hydrogens is 386 g/mol. The summed E-state index contributed by atoms with van der Waals surface area (Å²) in [7, 11) is -3.87. The quantitative estimate of drug-likeness (QED) is 0.754. The van der Waals surface area contributed by atoms with Crippen LogP contribution in [0.1, 0.15) is 6.42 Å². The van der Waals surface area contributed by atoms with Gasteiger partial charge in [0.2, 0.25) is 15.9 Å². The first kappa shape index (κ1) is 18.6. The number of rotatable bonds is 5. The van der Waals surface area contributed by atoms with Gasteiger partial charge in [0, 0.05) is 18.1 Å². The minimum Gasteiger partial charge on any atom is -0.439 e. The third-order valence-corrected chi connectivity index (χ3v) is 5.82. The second kappa shape index (κ2) is 7.22. The molecule has 0 aromatic heterocycles. The average molecular weight is 402 g/mol. The Balaban J connectivity index is 1.57. The molecule has 2 aliphatic heterocycles. The molecule has 1 N–H and O–H groups in total. The average Bonchev–Trinajstić information content (AvgIpc) is 3.19. The maximum atomic E-state index is 12.3. The molecule has 0 bridgehead atoms. The minimum absolute atomic E-state index is 0.0393. The highest BCUT2D eigenvalue weighted by atomic mass is 35.5. The summed E-state index contributed by atoms with van der Waals surface area (Å²) in [6.07, 6.45) is -0.288. The molecule has 2 heterocycles. The zero-order valence-electron chi connectivity index (χ0n) is 13.6. The molecule has 3 amide bonds. The van der Waals surface area contributed by atoms with Crippen LogP contribution in [0.5, 0.6) is 0 Å². The van der Waals surface area contributed by atoms with E-state index >= 15 is 0 Å². The Morgan fingerprint density at radius 1 is 1.35 bits per heavy atom. The van der Waals surface area contributed by atoms with Gasteiger partial charge < -0.3 is 9.64 Å². The number of amides is 3. The van der Waals surface area contributed by atoms with Crippen molar-refractivity contribution in [3.8, 4) is 0 Å². The molecule has 0 spiro atoms. The van der Waals surface area contributed by atoms with Crippen molar-refractivity contribution in [2.45, 2.75) is 17.4 Å². The molecule has 0 aliphatic carbocycles. The number of benzene rings is 1. The zero-order valence-corrected chi connectivity index (χ0v) is 15.1. The van der Waals surface area contributed by atoms with Crippen molar-refractivity contribution in [3.05, 3.63) is 29.3 Å². The van der Waals surface area contributed by atoms with E-state index in [0.29, 0.717) is 13.0 Å². The molecule has 2 fully saturated rings. The molecule has 0 saturated carbocycles. The minimum atomic E-state index is -3.87. The van der Waals surface area contributed by atoms with Crippen molar-refractivity contribution >= 4 is 39.5 Å². The van der Waals surface area contributed by atoms with Crippen molar-refractivity contribution < 1.29 is 27.5 Å². The molecule has 1 aromatic carbocycles. The number of carbonyl (C=O) groups is 3. The van der Waals surface area contributed by atoms with Crippen LogP contribution in [0, 0.1) is 0 Å². The number of nitrogens with zero attached hydrogens (tertiary/aromatic N) is 2. The van der Waals surface area contributed by atoms with Crippen molar-refractivity contribution in [1.82, 2.24) is 14.5 Å². The summed E-state index contributed by atoms with van der Waals surface area (Å²) in [5.41, 5.74) is 0. The number of hydrogen-bond donors (Lipinski definition) is 1. The number of halogens is 1. The third kappa shape index (κ3) is 3.81. The van der Waals surface area contributed by atoms with E-state index in [1.807, 2.05) is 0 Å². The first-order valence-electron chi connectivity index (χ1n) is 7.80. The maximum Gasteiger partial charge on any atom is 0.417 e. The Hall–Kier alpha value is -2.17. The van der Waals surface area contributed by atoms with E-state index in [9.17, 15) is 22.8 Å². The van der Waals surface area contributed by atoms with Crippen LogP contribution in [-0.2, 0) is 24.3 Å². The lowest BCUT2D eigenvalue weighted by molar-refractivity contribution is -0.130. The summed E-state index contributed by atoms with van der Waals surface area (Å²) < 4.78 is 31.3. The van der Waals surface area contributed by atoms with E-state index in [1.54, 1.807) is 6.07 Å². The van der Waals surface area contributed by atoms with Gasteiger partial charge in [-0.3, -0.25) is 9.59 Å². The topological polar surface area (TPSA) is 113 Å². The fourth-order valence-electron chi connectivity index (χ4n) is 2.88. The molecule has 2 saturated heterocycles. The Kier molecular flexibility index (Phi) is 5.17. The molecule has 1 unspecified atom stereocenters. The molecule has 26 heavy (non-hydrogen) atoms. The second-order valence-electron chi connectivity index (χ2n) is 5.88. The summed E-state index contributed by atoms with van der Waals surface area (Å²) in [6, 6.07) is 5.24. The van der Waals surface area contributed by atoms with Gasteiger partial charge in [-0.2, -0.15) is 0 Å². The first-order valence-corrected chi connectivity index (χ1v) is 9.66. The van der Waals surface area contributed by atoms with Crippen LogP contribution in [0.3, 0.4) is 0 Å². The van der Waals surface area contributed by atoms with Gasteiger partial charge in [0.15, 0.2) is 6.61 Å². The Morgan fingerprint density at radius 3 is 2.77 bits per heavy atom. The SMILES string of the molecule is O=C(CNS(=O)(=O)c1cccc(Cl)c1)N1CCC(N2C(=O)COC2=O)C1. The van der Waals surface area contributed by atoms with Crippen LogP contribution in [0.2, 0.25) is 5.02 Å². The number of cyclic esters (lactones) is 1. The molecule has 1 aromatic rings. The number of imide groups is 1. The van der Waals surface area contributed by atoms with Gasteiger partial charge in [-0.1, -0.05) is 17.7 Å². The van der Waals surface area contributed by atoms with E-state index < -0.39 is 40.5 Å². The van der Waals surface area contributed by atoms with Crippen LogP contribution in [-0.4, -0.2) is 68.4 Å². The van der Waals surface area contributed by atoms with Crippen LogP contribution in [0.25, 0.3) is 0 Å². The summed E-state index contributed by atoms with van der Waals surface area (Å²) >= 11 is 5.78. The molecule has 1 atom stereocenters. The second-order valence-corrected chi connectivity index (χ2v) is 8.09. The molecular formula is C15H16ClN3O6S. The molecule has 11 heteroatoms. The molecule has 9 nitrogen and oxygen atoms in total. The molecule has 3 rings (SSSR count). The molecule has 140 valence electrons. The predicted molar refractivity (Wildman–Crippen MR) is 89.8 cm³/mol. The summed E-state index contributed by atoms with van der Waals surface area (Å²) in [6.45, 7) is -0.249. The summed E-state index contributed by atoms with van der Waals surface area (Å²) in [4.78, 5) is 37.9. The summed E-state index contributed by atoms with van der Waals surface area (Å²) in [5.74, 6) is -0.880. The number of likely N-dealkylation sites (tertiary alicyclic amines) is 1. The van der Waals surface area contributed by atoms with Gasteiger partial charge in [-0.25, -0.2) is 22.8 Å². The predicted octanol–water partition coefficient (Wildman–Crippen LogP) is 0.198. The normalized spacial score (nSPS) is 20.6. The number of nitrogens with one attached hydrogen (secondary N) is 1.